The second kappa shape index (κ2) is 4.31. The van der Waals surface area contributed by atoms with E-state index < -0.39 is 0 Å². The number of hydrogen-bond acceptors (Lipinski definition) is 1. The van der Waals surface area contributed by atoms with Gasteiger partial charge in [-0.05, 0) is 41.8 Å². The number of aryl methyl sites for hydroxylation is 1. The maximum Gasteiger partial charge on any atom is 0.0557 e. The molecule has 0 spiro atoms. The average Bonchev–Trinajstić information content (AvgIpc) is 2.75. The summed E-state index contributed by atoms with van der Waals surface area (Å²) in [4.78, 5) is 0. The third-order valence-electron chi connectivity index (χ3n) is 3.33. The van der Waals surface area contributed by atoms with E-state index >= 15 is 0 Å². The molecule has 0 amide bonds. The van der Waals surface area contributed by atoms with Crippen molar-refractivity contribution >= 4 is 5.52 Å². The molecule has 0 bridgehead atoms. The Morgan fingerprint density at radius 2 is 1.83 bits per heavy atom. The van der Waals surface area contributed by atoms with Crippen LogP contribution in [-0.4, -0.2) is 4.40 Å². The molecule has 2 N–H and O–H groups in total. The highest BCUT2D eigenvalue weighted by Crippen LogP contribution is 2.27. The van der Waals surface area contributed by atoms with Crippen LogP contribution in [0.4, 0.5) is 0 Å². The molecule has 0 aliphatic rings. The van der Waals surface area contributed by atoms with Gasteiger partial charge in [-0.25, -0.2) is 0 Å². The molecule has 0 radical (unpaired) electrons. The number of hydrogen-bond donors (Lipinski definition) is 1. The van der Waals surface area contributed by atoms with E-state index in [-0.39, 0.29) is 0 Å². The van der Waals surface area contributed by atoms with Gasteiger partial charge in [0.2, 0.25) is 0 Å². The van der Waals surface area contributed by atoms with Gasteiger partial charge in [-0.1, -0.05) is 30.3 Å². The molecule has 0 saturated heterocycles. The lowest BCUT2D eigenvalue weighted by atomic mass is 10.1. The number of benzene rings is 1. The zero-order valence-electron chi connectivity index (χ0n) is 10.4. The summed E-state index contributed by atoms with van der Waals surface area (Å²) in [7, 11) is 0. The molecule has 0 fully saturated rings. The fraction of sp³-hybridized carbons (Fsp3) is 0.125. The van der Waals surface area contributed by atoms with E-state index in [1.807, 2.05) is 0 Å². The first-order valence-electron chi connectivity index (χ1n) is 6.15. The van der Waals surface area contributed by atoms with Crippen LogP contribution in [0, 0.1) is 6.92 Å². The first-order chi connectivity index (χ1) is 8.79. The second-order valence-corrected chi connectivity index (χ2v) is 4.57. The molecule has 0 atom stereocenters. The normalized spacial score (nSPS) is 11.0. The summed E-state index contributed by atoms with van der Waals surface area (Å²) >= 11 is 0. The zero-order chi connectivity index (χ0) is 12.5. The number of nitrogens with two attached hydrogens (primary N) is 1. The van der Waals surface area contributed by atoms with E-state index in [2.05, 4.69) is 66.1 Å². The topological polar surface area (TPSA) is 30.4 Å². The van der Waals surface area contributed by atoms with Crippen LogP contribution < -0.4 is 5.73 Å². The van der Waals surface area contributed by atoms with E-state index in [9.17, 15) is 0 Å². The van der Waals surface area contributed by atoms with E-state index in [1.165, 1.54) is 22.3 Å². The fourth-order valence-corrected chi connectivity index (χ4v) is 2.42. The summed E-state index contributed by atoms with van der Waals surface area (Å²) in [6.07, 6.45) is 2.11. The molecular formula is C16H16N2. The van der Waals surface area contributed by atoms with Crippen LogP contribution in [0.1, 0.15) is 11.1 Å². The van der Waals surface area contributed by atoms with Crippen LogP contribution in [0.5, 0.6) is 0 Å². The fourth-order valence-electron chi connectivity index (χ4n) is 2.42. The number of rotatable bonds is 2. The first-order valence-corrected chi connectivity index (χ1v) is 6.15. The SMILES string of the molecule is Cc1cc2ccccn2c1-c1ccc(CN)cc1. The van der Waals surface area contributed by atoms with Gasteiger partial charge in [-0.3, -0.25) is 0 Å². The van der Waals surface area contributed by atoms with E-state index in [1.54, 1.807) is 0 Å². The van der Waals surface area contributed by atoms with Crippen molar-refractivity contribution in [3.8, 4) is 11.3 Å². The quantitative estimate of drug-likeness (QED) is 0.726. The standard InChI is InChI=1S/C16H16N2/c1-12-10-15-4-2-3-9-18(15)16(12)14-7-5-13(11-17)6-8-14/h2-10H,11,17H2,1H3. The molecule has 2 heteroatoms. The van der Waals surface area contributed by atoms with Crippen molar-refractivity contribution in [2.45, 2.75) is 13.5 Å². The molecule has 1 aromatic carbocycles. The van der Waals surface area contributed by atoms with Gasteiger partial charge in [0.05, 0.1) is 5.69 Å². The number of aromatic nitrogens is 1. The summed E-state index contributed by atoms with van der Waals surface area (Å²) in [6, 6.07) is 16.9. The van der Waals surface area contributed by atoms with Crippen molar-refractivity contribution in [2.75, 3.05) is 0 Å². The van der Waals surface area contributed by atoms with Crippen molar-refractivity contribution in [1.29, 1.82) is 0 Å². The van der Waals surface area contributed by atoms with Crippen molar-refractivity contribution in [2.24, 2.45) is 5.73 Å². The van der Waals surface area contributed by atoms with Gasteiger partial charge in [0, 0.05) is 18.3 Å². The molecule has 0 aliphatic heterocycles. The molecule has 0 saturated carbocycles. The van der Waals surface area contributed by atoms with Gasteiger partial charge in [-0.15, -0.1) is 0 Å². The Bertz CT molecular complexity index is 678. The maximum absolute atomic E-state index is 5.63. The number of pyridine rings is 1. The molecule has 3 aromatic rings. The molecular weight excluding hydrogens is 220 g/mol. The van der Waals surface area contributed by atoms with Gasteiger partial charge in [0.15, 0.2) is 0 Å². The third kappa shape index (κ3) is 1.71. The second-order valence-electron chi connectivity index (χ2n) is 4.57. The van der Waals surface area contributed by atoms with Crippen LogP contribution in [-0.2, 0) is 6.54 Å². The minimum atomic E-state index is 0.591. The first kappa shape index (κ1) is 11.1. The lowest BCUT2D eigenvalue weighted by molar-refractivity contribution is 1.07. The van der Waals surface area contributed by atoms with Crippen molar-refractivity contribution in [3.05, 3.63) is 65.9 Å². The molecule has 2 heterocycles. The van der Waals surface area contributed by atoms with Crippen molar-refractivity contribution in [1.82, 2.24) is 4.40 Å². The van der Waals surface area contributed by atoms with Crippen molar-refractivity contribution < 1.29 is 0 Å². The van der Waals surface area contributed by atoms with Crippen LogP contribution in [0.15, 0.2) is 54.7 Å². The molecule has 2 aromatic heterocycles. The molecule has 18 heavy (non-hydrogen) atoms. The van der Waals surface area contributed by atoms with Crippen LogP contribution >= 0.6 is 0 Å². The van der Waals surface area contributed by atoms with Gasteiger partial charge in [0.1, 0.15) is 0 Å². The Hall–Kier alpha value is -2.06. The van der Waals surface area contributed by atoms with Gasteiger partial charge >= 0.3 is 0 Å². The summed E-state index contributed by atoms with van der Waals surface area (Å²) in [5.74, 6) is 0. The van der Waals surface area contributed by atoms with E-state index in [0.717, 1.165) is 5.56 Å². The van der Waals surface area contributed by atoms with Gasteiger partial charge in [-0.2, -0.15) is 0 Å². The number of nitrogens with zero attached hydrogens (tertiary/aromatic N) is 1. The molecule has 0 unspecified atom stereocenters. The molecule has 90 valence electrons. The highest BCUT2D eigenvalue weighted by Gasteiger charge is 2.08. The highest BCUT2D eigenvalue weighted by atomic mass is 14.9. The van der Waals surface area contributed by atoms with Gasteiger partial charge in [0.25, 0.3) is 0 Å². The van der Waals surface area contributed by atoms with E-state index in [0.29, 0.717) is 6.54 Å². The van der Waals surface area contributed by atoms with Gasteiger partial charge < -0.3 is 10.1 Å². The smallest absolute Gasteiger partial charge is 0.0557 e. The summed E-state index contributed by atoms with van der Waals surface area (Å²) in [6.45, 7) is 2.74. The van der Waals surface area contributed by atoms with E-state index in [4.69, 9.17) is 5.73 Å². The lowest BCUT2D eigenvalue weighted by Gasteiger charge is -2.06. The number of fused-ring (bicyclic) bond motifs is 1. The molecule has 2 nitrogen and oxygen atoms in total. The Morgan fingerprint density at radius 3 is 2.56 bits per heavy atom. The minimum Gasteiger partial charge on any atom is -0.326 e. The lowest BCUT2D eigenvalue weighted by Crippen LogP contribution is -1.96. The van der Waals surface area contributed by atoms with Crippen molar-refractivity contribution in [3.63, 3.8) is 0 Å². The predicted octanol–water partition coefficient (Wildman–Crippen LogP) is 3.37. The maximum atomic E-state index is 5.63. The van der Waals surface area contributed by atoms with Crippen LogP contribution in [0.3, 0.4) is 0 Å². The van der Waals surface area contributed by atoms with Crippen LogP contribution in [0.2, 0.25) is 0 Å². The summed E-state index contributed by atoms with van der Waals surface area (Å²) < 4.78 is 2.23. The average molecular weight is 236 g/mol. The molecule has 3 rings (SSSR count). The Labute approximate surface area is 107 Å². The minimum absolute atomic E-state index is 0.591. The zero-order valence-corrected chi connectivity index (χ0v) is 10.4. The third-order valence-corrected chi connectivity index (χ3v) is 3.33. The molecule has 0 aliphatic carbocycles. The predicted molar refractivity (Wildman–Crippen MR) is 75.5 cm³/mol. The Morgan fingerprint density at radius 1 is 1.06 bits per heavy atom. The summed E-state index contributed by atoms with van der Waals surface area (Å²) in [5.41, 5.74) is 11.8. The van der Waals surface area contributed by atoms with Crippen LogP contribution in [0.25, 0.3) is 16.8 Å². The summed E-state index contributed by atoms with van der Waals surface area (Å²) in [5, 5.41) is 0. The largest absolute Gasteiger partial charge is 0.326 e. The highest BCUT2D eigenvalue weighted by molar-refractivity contribution is 5.71. The Balaban J connectivity index is 2.20. The monoisotopic (exact) mass is 236 g/mol. The Kier molecular flexibility index (Phi) is 2.65.